The van der Waals surface area contributed by atoms with Gasteiger partial charge in [-0.1, -0.05) is 41.4 Å². The van der Waals surface area contributed by atoms with Crippen LogP contribution in [0.25, 0.3) is 0 Å². The number of aryl methyl sites for hydroxylation is 1. The molecule has 2 aromatic rings. The van der Waals surface area contributed by atoms with Crippen LogP contribution < -0.4 is 0 Å². The maximum absolute atomic E-state index is 12.5. The second kappa shape index (κ2) is 9.07. The average Bonchev–Trinajstić information content (AvgIpc) is 2.67. The molecule has 0 radical (unpaired) electrons. The van der Waals surface area contributed by atoms with Crippen LogP contribution in [0, 0.1) is 6.92 Å². The van der Waals surface area contributed by atoms with E-state index in [1.54, 1.807) is 17.0 Å². The second-order valence-electron chi connectivity index (χ2n) is 7.17. The lowest BCUT2D eigenvalue weighted by molar-refractivity contribution is -0.132. The van der Waals surface area contributed by atoms with Gasteiger partial charge in [0, 0.05) is 44.2 Å². The zero-order chi connectivity index (χ0) is 20.1. The molecule has 150 valence electrons. The van der Waals surface area contributed by atoms with Crippen molar-refractivity contribution in [2.45, 2.75) is 24.8 Å². The standard InChI is InChI=1S/C21H25ClN2O3S/c1-17-3-2-4-18(15-17)16-23-10-12-24(13-11-23)21(25)9-14-28(26,27)20-7-5-19(22)6-8-20/h2-8,15H,9-14,16H2,1H3. The molecule has 0 aromatic heterocycles. The highest BCUT2D eigenvalue weighted by atomic mass is 35.5. The van der Waals surface area contributed by atoms with E-state index < -0.39 is 9.84 Å². The molecule has 0 unspecified atom stereocenters. The van der Waals surface area contributed by atoms with Crippen molar-refractivity contribution in [3.05, 3.63) is 64.7 Å². The number of amides is 1. The molecule has 1 aliphatic rings. The summed E-state index contributed by atoms with van der Waals surface area (Å²) in [6, 6.07) is 14.5. The molecule has 2 aromatic carbocycles. The Bertz CT molecular complexity index is 921. The first-order chi connectivity index (χ1) is 13.3. The highest BCUT2D eigenvalue weighted by Crippen LogP contribution is 2.17. The third-order valence-corrected chi connectivity index (χ3v) is 6.96. The predicted octanol–water partition coefficient (Wildman–Crippen LogP) is 3.16. The van der Waals surface area contributed by atoms with Gasteiger partial charge in [0.2, 0.25) is 5.91 Å². The Hall–Kier alpha value is -1.89. The zero-order valence-corrected chi connectivity index (χ0v) is 17.5. The fraction of sp³-hybridized carbons (Fsp3) is 0.381. The Kier molecular flexibility index (Phi) is 6.75. The third kappa shape index (κ3) is 5.56. The van der Waals surface area contributed by atoms with Crippen molar-refractivity contribution in [2.75, 3.05) is 31.9 Å². The quantitative estimate of drug-likeness (QED) is 0.720. The van der Waals surface area contributed by atoms with E-state index in [2.05, 4.69) is 36.1 Å². The van der Waals surface area contributed by atoms with Crippen molar-refractivity contribution in [2.24, 2.45) is 0 Å². The molecule has 1 amide bonds. The molecular weight excluding hydrogens is 396 g/mol. The van der Waals surface area contributed by atoms with Crippen LogP contribution in [0.15, 0.2) is 53.4 Å². The number of hydrogen-bond acceptors (Lipinski definition) is 4. The highest BCUT2D eigenvalue weighted by molar-refractivity contribution is 7.91. The molecule has 28 heavy (non-hydrogen) atoms. The number of piperazine rings is 1. The molecule has 0 N–H and O–H groups in total. The molecule has 0 aliphatic carbocycles. The fourth-order valence-electron chi connectivity index (χ4n) is 3.36. The monoisotopic (exact) mass is 420 g/mol. The van der Waals surface area contributed by atoms with E-state index in [0.717, 1.165) is 19.6 Å². The number of carbonyl (C=O) groups is 1. The Labute approximate surface area is 171 Å². The summed E-state index contributed by atoms with van der Waals surface area (Å²) in [6.07, 6.45) is 0.00282. The van der Waals surface area contributed by atoms with Crippen LogP contribution in [0.1, 0.15) is 17.5 Å². The van der Waals surface area contributed by atoms with Crippen molar-refractivity contribution in [1.82, 2.24) is 9.80 Å². The lowest BCUT2D eigenvalue weighted by Crippen LogP contribution is -2.48. The van der Waals surface area contributed by atoms with Gasteiger partial charge in [0.25, 0.3) is 0 Å². The van der Waals surface area contributed by atoms with Gasteiger partial charge in [-0.3, -0.25) is 9.69 Å². The summed E-state index contributed by atoms with van der Waals surface area (Å²) in [5.74, 6) is -0.287. The van der Waals surface area contributed by atoms with Gasteiger partial charge in [-0.2, -0.15) is 0 Å². The average molecular weight is 421 g/mol. The van der Waals surface area contributed by atoms with Crippen molar-refractivity contribution in [3.63, 3.8) is 0 Å². The van der Waals surface area contributed by atoms with Crippen molar-refractivity contribution < 1.29 is 13.2 Å². The summed E-state index contributed by atoms with van der Waals surface area (Å²) < 4.78 is 24.8. The minimum Gasteiger partial charge on any atom is -0.340 e. The lowest BCUT2D eigenvalue weighted by atomic mass is 10.1. The SMILES string of the molecule is Cc1cccc(CN2CCN(C(=O)CCS(=O)(=O)c3ccc(Cl)cc3)CC2)c1. The fourth-order valence-corrected chi connectivity index (χ4v) is 4.72. The molecule has 5 nitrogen and oxygen atoms in total. The number of nitrogens with zero attached hydrogens (tertiary/aromatic N) is 2. The number of hydrogen-bond donors (Lipinski definition) is 0. The summed E-state index contributed by atoms with van der Waals surface area (Å²) in [5, 5.41) is 0.485. The molecular formula is C21H25ClN2O3S. The van der Waals surface area contributed by atoms with Crippen LogP contribution in [0.4, 0.5) is 0 Å². The van der Waals surface area contributed by atoms with Gasteiger partial charge in [-0.05, 0) is 36.8 Å². The Morgan fingerprint density at radius 2 is 1.71 bits per heavy atom. The lowest BCUT2D eigenvalue weighted by Gasteiger charge is -2.34. The molecule has 1 aliphatic heterocycles. The van der Waals surface area contributed by atoms with Crippen LogP contribution in [-0.4, -0.2) is 56.1 Å². The van der Waals surface area contributed by atoms with Crippen LogP contribution in [0.3, 0.4) is 0 Å². The van der Waals surface area contributed by atoms with E-state index >= 15 is 0 Å². The van der Waals surface area contributed by atoms with E-state index in [1.165, 1.54) is 23.3 Å². The smallest absolute Gasteiger partial charge is 0.223 e. The minimum absolute atomic E-state index is 0.00282. The van der Waals surface area contributed by atoms with Crippen LogP contribution >= 0.6 is 11.6 Å². The molecule has 0 saturated carbocycles. The summed E-state index contributed by atoms with van der Waals surface area (Å²) in [6.45, 7) is 5.80. The first-order valence-corrected chi connectivity index (χ1v) is 11.4. The Morgan fingerprint density at radius 1 is 1.04 bits per heavy atom. The number of benzene rings is 2. The van der Waals surface area contributed by atoms with Crippen molar-refractivity contribution in [3.8, 4) is 0 Å². The topological polar surface area (TPSA) is 57.7 Å². The van der Waals surface area contributed by atoms with Gasteiger partial charge in [-0.25, -0.2) is 8.42 Å². The van der Waals surface area contributed by atoms with Crippen molar-refractivity contribution >= 4 is 27.3 Å². The second-order valence-corrected chi connectivity index (χ2v) is 9.71. The zero-order valence-electron chi connectivity index (χ0n) is 16.0. The molecule has 0 atom stereocenters. The van der Waals surface area contributed by atoms with E-state index in [9.17, 15) is 13.2 Å². The van der Waals surface area contributed by atoms with Gasteiger partial charge in [0.15, 0.2) is 9.84 Å². The van der Waals surface area contributed by atoms with Gasteiger partial charge >= 0.3 is 0 Å². The van der Waals surface area contributed by atoms with Gasteiger partial charge in [0.1, 0.15) is 0 Å². The van der Waals surface area contributed by atoms with Crippen LogP contribution in [0.5, 0.6) is 0 Å². The van der Waals surface area contributed by atoms with Crippen molar-refractivity contribution in [1.29, 1.82) is 0 Å². The van der Waals surface area contributed by atoms with Crippen LogP contribution in [-0.2, 0) is 21.2 Å². The summed E-state index contributed by atoms with van der Waals surface area (Å²) in [7, 11) is -3.48. The normalized spacial score (nSPS) is 15.6. The first kappa shape index (κ1) is 20.8. The van der Waals surface area contributed by atoms with E-state index in [1.807, 2.05) is 0 Å². The van der Waals surface area contributed by atoms with E-state index in [4.69, 9.17) is 11.6 Å². The molecule has 3 rings (SSSR count). The van der Waals surface area contributed by atoms with Gasteiger partial charge in [-0.15, -0.1) is 0 Å². The van der Waals surface area contributed by atoms with Crippen LogP contribution in [0.2, 0.25) is 5.02 Å². The van der Waals surface area contributed by atoms with Gasteiger partial charge < -0.3 is 4.90 Å². The van der Waals surface area contributed by atoms with E-state index in [0.29, 0.717) is 18.1 Å². The molecule has 1 saturated heterocycles. The number of sulfone groups is 1. The summed E-state index contributed by atoms with van der Waals surface area (Å²) >= 11 is 5.80. The Morgan fingerprint density at radius 3 is 2.36 bits per heavy atom. The number of halogens is 1. The minimum atomic E-state index is -3.48. The molecule has 0 bridgehead atoms. The van der Waals surface area contributed by atoms with Gasteiger partial charge in [0.05, 0.1) is 10.6 Å². The summed E-state index contributed by atoms with van der Waals surface area (Å²) in [5.41, 5.74) is 2.52. The maximum atomic E-state index is 12.5. The number of rotatable bonds is 6. The molecule has 1 heterocycles. The maximum Gasteiger partial charge on any atom is 0.223 e. The largest absolute Gasteiger partial charge is 0.340 e. The number of carbonyl (C=O) groups excluding carboxylic acids is 1. The molecule has 0 spiro atoms. The molecule has 7 heteroatoms. The van der Waals surface area contributed by atoms with E-state index in [-0.39, 0.29) is 23.0 Å². The first-order valence-electron chi connectivity index (χ1n) is 9.37. The third-order valence-electron chi connectivity index (χ3n) is 4.97. The molecule has 1 fully saturated rings. The summed E-state index contributed by atoms with van der Waals surface area (Å²) in [4.78, 5) is 16.8. The highest BCUT2D eigenvalue weighted by Gasteiger charge is 2.23. The Balaban J connectivity index is 1.48. The predicted molar refractivity (Wildman–Crippen MR) is 111 cm³/mol.